The molecule has 0 atom stereocenters. The van der Waals surface area contributed by atoms with Gasteiger partial charge in [-0.15, -0.1) is 21.5 Å². The number of hydrogen-bond acceptors (Lipinski definition) is 6. The van der Waals surface area contributed by atoms with Crippen LogP contribution in [0.1, 0.15) is 58.4 Å². The van der Waals surface area contributed by atoms with E-state index in [-0.39, 0.29) is 5.13 Å². The number of nitrogens with one attached hydrogen (secondary N) is 1. The van der Waals surface area contributed by atoms with Gasteiger partial charge in [-0.05, 0) is 12.8 Å². The highest BCUT2D eigenvalue weighted by atomic mass is 32.1. The third-order valence-corrected chi connectivity index (χ3v) is 5.48. The summed E-state index contributed by atoms with van der Waals surface area (Å²) in [7, 11) is 0. The van der Waals surface area contributed by atoms with Crippen LogP contribution in [-0.4, -0.2) is 21.1 Å². The van der Waals surface area contributed by atoms with Crippen molar-refractivity contribution in [1.29, 1.82) is 0 Å². The van der Waals surface area contributed by atoms with E-state index in [2.05, 4.69) is 20.5 Å². The molecule has 1 N–H and O–H groups in total. The molecule has 124 valence electrons. The van der Waals surface area contributed by atoms with Gasteiger partial charge in [0.25, 0.3) is 5.91 Å². The zero-order valence-corrected chi connectivity index (χ0v) is 13.5. The van der Waals surface area contributed by atoms with Gasteiger partial charge >= 0.3 is 6.18 Å². The molecule has 5 nitrogen and oxygen atoms in total. The highest BCUT2D eigenvalue weighted by molar-refractivity contribution is 7.15. The Balaban J connectivity index is 1.71. The van der Waals surface area contributed by atoms with Crippen LogP contribution < -0.4 is 5.32 Å². The summed E-state index contributed by atoms with van der Waals surface area (Å²) < 4.78 is 38.3. The number of aromatic nitrogens is 3. The molecule has 1 aliphatic rings. The molecule has 1 saturated carbocycles. The van der Waals surface area contributed by atoms with Gasteiger partial charge in [0.1, 0.15) is 9.88 Å². The molecule has 2 aromatic rings. The average molecular weight is 362 g/mol. The summed E-state index contributed by atoms with van der Waals surface area (Å²) >= 11 is 1.88. The first-order chi connectivity index (χ1) is 10.9. The topological polar surface area (TPSA) is 67.8 Å². The van der Waals surface area contributed by atoms with Crippen LogP contribution in [0.25, 0.3) is 0 Å². The second-order valence-corrected chi connectivity index (χ2v) is 7.13. The molecule has 2 aromatic heterocycles. The molecule has 0 saturated heterocycles. The van der Waals surface area contributed by atoms with Crippen molar-refractivity contribution in [3.8, 4) is 0 Å². The summed E-state index contributed by atoms with van der Waals surface area (Å²) in [6.07, 6.45) is 0.917. The van der Waals surface area contributed by atoms with E-state index in [0.717, 1.165) is 36.2 Å². The fourth-order valence-electron chi connectivity index (χ4n) is 2.56. The van der Waals surface area contributed by atoms with E-state index in [1.807, 2.05) is 0 Å². The minimum atomic E-state index is -4.65. The summed E-state index contributed by atoms with van der Waals surface area (Å²) in [5.74, 6) is -0.521. The van der Waals surface area contributed by atoms with Crippen molar-refractivity contribution in [3.05, 3.63) is 21.1 Å². The van der Waals surface area contributed by atoms with Crippen LogP contribution >= 0.6 is 22.7 Å². The minimum Gasteiger partial charge on any atom is -0.296 e. The summed E-state index contributed by atoms with van der Waals surface area (Å²) in [6.45, 7) is 0. The number of carbonyl (C=O) groups is 1. The number of anilines is 1. The first-order valence-corrected chi connectivity index (χ1v) is 8.80. The van der Waals surface area contributed by atoms with E-state index in [4.69, 9.17) is 0 Å². The maximum absolute atomic E-state index is 12.8. The Bertz CT molecular complexity index is 691. The molecule has 0 bridgehead atoms. The van der Waals surface area contributed by atoms with Crippen molar-refractivity contribution in [1.82, 2.24) is 15.2 Å². The van der Waals surface area contributed by atoms with Gasteiger partial charge in [0.15, 0.2) is 5.69 Å². The van der Waals surface area contributed by atoms with Crippen LogP contribution in [0.3, 0.4) is 0 Å². The predicted octanol–water partition coefficient (Wildman–Crippen LogP) is 4.31. The summed E-state index contributed by atoms with van der Waals surface area (Å²) in [6, 6.07) is 0. The lowest BCUT2D eigenvalue weighted by molar-refractivity contribution is -0.141. The number of halogens is 3. The number of nitrogens with zero attached hydrogens (tertiary/aromatic N) is 3. The van der Waals surface area contributed by atoms with E-state index in [1.165, 1.54) is 17.8 Å². The lowest BCUT2D eigenvalue weighted by atomic mass is 9.90. The quantitative estimate of drug-likeness (QED) is 0.883. The predicted molar refractivity (Wildman–Crippen MR) is 80.8 cm³/mol. The standard InChI is InChI=1S/C13H13F3N4OS2/c14-13(15,16)9-8(22-6-17-9)10(21)18-12-20-19-11(23-12)7-4-2-1-3-5-7/h6-7H,1-5H2,(H,18,20,21). The first-order valence-electron chi connectivity index (χ1n) is 7.10. The zero-order chi connectivity index (χ0) is 16.4. The molecule has 2 heterocycles. The third kappa shape index (κ3) is 3.69. The Labute approximate surface area is 138 Å². The van der Waals surface area contributed by atoms with Crippen molar-refractivity contribution in [2.24, 2.45) is 0 Å². The van der Waals surface area contributed by atoms with Crippen LogP contribution in [0.15, 0.2) is 5.51 Å². The number of rotatable bonds is 3. The number of thiazole rings is 1. The Morgan fingerprint density at radius 1 is 1.22 bits per heavy atom. The third-order valence-electron chi connectivity index (χ3n) is 3.66. The van der Waals surface area contributed by atoms with E-state index in [0.29, 0.717) is 17.3 Å². The van der Waals surface area contributed by atoms with Crippen molar-refractivity contribution in [2.45, 2.75) is 44.2 Å². The van der Waals surface area contributed by atoms with Crippen LogP contribution in [0.2, 0.25) is 0 Å². The lowest BCUT2D eigenvalue weighted by Gasteiger charge is -2.18. The molecule has 1 amide bonds. The number of carbonyl (C=O) groups excluding carboxylic acids is 1. The van der Waals surface area contributed by atoms with E-state index >= 15 is 0 Å². The van der Waals surface area contributed by atoms with Gasteiger partial charge in [-0.2, -0.15) is 13.2 Å². The SMILES string of the molecule is O=C(Nc1nnc(C2CCCCC2)s1)c1scnc1C(F)(F)F. The summed E-state index contributed by atoms with van der Waals surface area (Å²) in [4.78, 5) is 14.8. The van der Waals surface area contributed by atoms with Gasteiger partial charge in [0.2, 0.25) is 5.13 Å². The highest BCUT2D eigenvalue weighted by Gasteiger charge is 2.38. The second kappa shape index (κ2) is 6.52. The van der Waals surface area contributed by atoms with E-state index in [9.17, 15) is 18.0 Å². The van der Waals surface area contributed by atoms with Crippen LogP contribution in [-0.2, 0) is 6.18 Å². The molecule has 3 rings (SSSR count). The van der Waals surface area contributed by atoms with Crippen molar-refractivity contribution >= 4 is 33.7 Å². The maximum atomic E-state index is 12.8. The molecule has 0 aromatic carbocycles. The normalized spacial score (nSPS) is 16.5. The Morgan fingerprint density at radius 2 is 1.96 bits per heavy atom. The van der Waals surface area contributed by atoms with Crippen molar-refractivity contribution < 1.29 is 18.0 Å². The van der Waals surface area contributed by atoms with Crippen LogP contribution in [0.5, 0.6) is 0 Å². The largest absolute Gasteiger partial charge is 0.434 e. The molecule has 23 heavy (non-hydrogen) atoms. The van der Waals surface area contributed by atoms with Gasteiger partial charge in [0, 0.05) is 5.92 Å². The molecule has 1 fully saturated rings. The highest BCUT2D eigenvalue weighted by Crippen LogP contribution is 2.36. The summed E-state index contributed by atoms with van der Waals surface area (Å²) in [5.41, 5.74) is -0.164. The fraction of sp³-hybridized carbons (Fsp3) is 0.538. The Morgan fingerprint density at radius 3 is 2.65 bits per heavy atom. The Kier molecular flexibility index (Phi) is 4.62. The molecule has 10 heteroatoms. The maximum Gasteiger partial charge on any atom is 0.434 e. The lowest BCUT2D eigenvalue weighted by Crippen LogP contribution is -2.17. The molecular weight excluding hydrogens is 349 g/mol. The Hall–Kier alpha value is -1.55. The number of hydrogen-bond donors (Lipinski definition) is 1. The molecule has 0 radical (unpaired) electrons. The van der Waals surface area contributed by atoms with Crippen LogP contribution in [0.4, 0.5) is 18.3 Å². The second-order valence-electron chi connectivity index (χ2n) is 5.26. The van der Waals surface area contributed by atoms with Crippen LogP contribution in [0, 0.1) is 0 Å². The monoisotopic (exact) mass is 362 g/mol. The van der Waals surface area contributed by atoms with Crippen molar-refractivity contribution in [3.63, 3.8) is 0 Å². The van der Waals surface area contributed by atoms with E-state index < -0.39 is 22.7 Å². The number of amides is 1. The molecule has 0 unspecified atom stereocenters. The van der Waals surface area contributed by atoms with Crippen molar-refractivity contribution in [2.75, 3.05) is 5.32 Å². The van der Waals surface area contributed by atoms with Gasteiger partial charge in [-0.3, -0.25) is 10.1 Å². The first kappa shape index (κ1) is 16.3. The van der Waals surface area contributed by atoms with Gasteiger partial charge in [-0.1, -0.05) is 30.6 Å². The van der Waals surface area contributed by atoms with Gasteiger partial charge in [-0.25, -0.2) is 4.98 Å². The average Bonchev–Trinajstić information content (AvgIpc) is 3.16. The summed E-state index contributed by atoms with van der Waals surface area (Å²) in [5, 5.41) is 11.4. The molecule has 0 aliphatic heterocycles. The van der Waals surface area contributed by atoms with E-state index in [1.54, 1.807) is 0 Å². The zero-order valence-electron chi connectivity index (χ0n) is 11.9. The molecule has 0 spiro atoms. The smallest absolute Gasteiger partial charge is 0.296 e. The van der Waals surface area contributed by atoms with Gasteiger partial charge < -0.3 is 0 Å². The van der Waals surface area contributed by atoms with Gasteiger partial charge in [0.05, 0.1) is 5.51 Å². The number of alkyl halides is 3. The minimum absolute atomic E-state index is 0.220. The molecule has 1 aliphatic carbocycles. The molecular formula is C13H13F3N4OS2. The fourth-order valence-corrected chi connectivity index (χ4v) is 4.17.